The Kier molecular flexibility index (Phi) is 8.63. The van der Waals surface area contributed by atoms with Gasteiger partial charge in [0.25, 0.3) is 0 Å². The Hall–Kier alpha value is -4.04. The third-order valence-electron chi connectivity index (χ3n) is 6.56. The topological polar surface area (TPSA) is 40.9 Å². The molecule has 5 aromatic carbocycles. The lowest BCUT2D eigenvalue weighted by atomic mass is 9.84. The number of hydrogen-bond donors (Lipinski definition) is 0. The Balaban J connectivity index is 1.75. The second-order valence-electron chi connectivity index (χ2n) is 9.15. The van der Waals surface area contributed by atoms with Crippen LogP contribution in [-0.4, -0.2) is 5.78 Å². The number of nitrogens with zero attached hydrogens (tertiary/aromatic N) is 1. The molecule has 190 valence electrons. The molecule has 0 saturated heterocycles. The number of carbonyl (C=O) groups is 1. The predicted molar refractivity (Wildman–Crippen MR) is 162 cm³/mol. The molecule has 1 atom stereocenters. The van der Waals surface area contributed by atoms with E-state index in [0.29, 0.717) is 11.1 Å². The monoisotopic (exact) mass is 541 g/mol. The van der Waals surface area contributed by atoms with Gasteiger partial charge < -0.3 is 0 Å². The van der Waals surface area contributed by atoms with Crippen LogP contribution in [0.4, 0.5) is 0 Å². The molecular weight excluding hydrogens is 515 g/mol. The number of thioether (sulfide) groups is 2. The molecule has 39 heavy (non-hydrogen) atoms. The van der Waals surface area contributed by atoms with Crippen molar-refractivity contribution < 1.29 is 4.79 Å². The Morgan fingerprint density at radius 3 is 1.72 bits per heavy atom. The Morgan fingerprint density at radius 2 is 1.18 bits per heavy atom. The quantitative estimate of drug-likeness (QED) is 0.100. The summed E-state index contributed by atoms with van der Waals surface area (Å²) in [4.78, 5) is 16.1. The number of carbonyl (C=O) groups excluding carboxylic acids is 1. The van der Waals surface area contributed by atoms with E-state index in [1.807, 2.05) is 91.0 Å². The van der Waals surface area contributed by atoms with E-state index in [1.54, 1.807) is 23.5 Å². The Morgan fingerprint density at radius 1 is 0.667 bits per heavy atom. The van der Waals surface area contributed by atoms with Crippen LogP contribution in [0.5, 0.6) is 0 Å². The number of nitriles is 1. The van der Waals surface area contributed by atoms with Crippen molar-refractivity contribution in [3.63, 3.8) is 0 Å². The van der Waals surface area contributed by atoms with Crippen LogP contribution >= 0.6 is 23.5 Å². The van der Waals surface area contributed by atoms with E-state index < -0.39 is 4.08 Å². The molecule has 0 bridgehead atoms. The van der Waals surface area contributed by atoms with Crippen LogP contribution in [0.2, 0.25) is 0 Å². The molecule has 0 aliphatic rings. The lowest BCUT2D eigenvalue weighted by Crippen LogP contribution is -2.29. The summed E-state index contributed by atoms with van der Waals surface area (Å²) >= 11 is 3.53. The van der Waals surface area contributed by atoms with Crippen LogP contribution in [0.15, 0.2) is 155 Å². The van der Waals surface area contributed by atoms with Gasteiger partial charge in [0.05, 0.1) is 11.6 Å². The minimum Gasteiger partial charge on any atom is -0.294 e. The van der Waals surface area contributed by atoms with Crippen molar-refractivity contribution in [2.45, 2.75) is 26.2 Å². The minimum absolute atomic E-state index is 0.0746. The zero-order valence-electron chi connectivity index (χ0n) is 21.3. The molecule has 5 aromatic rings. The highest BCUT2D eigenvalue weighted by Crippen LogP contribution is 2.61. The fraction of sp³-hybridized carbons (Fsp3) is 0.0857. The second kappa shape index (κ2) is 12.7. The van der Waals surface area contributed by atoms with Crippen molar-refractivity contribution in [2.75, 3.05) is 0 Å². The van der Waals surface area contributed by atoms with Crippen LogP contribution in [0.3, 0.4) is 0 Å². The van der Waals surface area contributed by atoms with Gasteiger partial charge in [-0.1, -0.05) is 109 Å². The van der Waals surface area contributed by atoms with Crippen molar-refractivity contribution in [2.24, 2.45) is 0 Å². The fourth-order valence-electron chi connectivity index (χ4n) is 4.70. The molecule has 0 heterocycles. The predicted octanol–water partition coefficient (Wildman–Crippen LogP) is 9.35. The van der Waals surface area contributed by atoms with Gasteiger partial charge in [-0.05, 0) is 47.5 Å². The largest absolute Gasteiger partial charge is 0.294 e. The van der Waals surface area contributed by atoms with Crippen molar-refractivity contribution in [1.29, 1.82) is 5.26 Å². The van der Waals surface area contributed by atoms with Crippen LogP contribution < -0.4 is 0 Å². The third kappa shape index (κ3) is 6.34. The zero-order chi connectivity index (χ0) is 26.9. The van der Waals surface area contributed by atoms with E-state index in [0.717, 1.165) is 20.9 Å². The number of benzene rings is 5. The first-order valence-electron chi connectivity index (χ1n) is 12.8. The maximum absolute atomic E-state index is 13.9. The number of ketones is 1. The first kappa shape index (κ1) is 26.6. The van der Waals surface area contributed by atoms with E-state index in [4.69, 9.17) is 0 Å². The molecular formula is C35H27NOS2. The fourth-order valence-corrected chi connectivity index (χ4v) is 7.97. The molecule has 0 radical (unpaired) electrons. The number of hydrogen-bond acceptors (Lipinski definition) is 4. The van der Waals surface area contributed by atoms with Gasteiger partial charge in [0.15, 0.2) is 5.78 Å². The smallest absolute Gasteiger partial charge is 0.163 e. The Labute approximate surface area is 238 Å². The molecule has 0 amide bonds. The van der Waals surface area contributed by atoms with Gasteiger partial charge >= 0.3 is 0 Å². The van der Waals surface area contributed by atoms with Crippen LogP contribution in [0.25, 0.3) is 0 Å². The summed E-state index contributed by atoms with van der Waals surface area (Å²) in [5.74, 6) is -0.179. The average Bonchev–Trinajstić information content (AvgIpc) is 3.01. The lowest BCUT2D eigenvalue weighted by molar-refractivity contribution is 0.0971. The summed E-state index contributed by atoms with van der Waals surface area (Å²) in [5.41, 5.74) is 3.35. The molecule has 5 rings (SSSR count). The normalized spacial score (nSPS) is 11.9. The maximum atomic E-state index is 13.9. The summed E-state index contributed by atoms with van der Waals surface area (Å²) in [7, 11) is 0. The van der Waals surface area contributed by atoms with Crippen molar-refractivity contribution in [1.82, 2.24) is 0 Å². The van der Waals surface area contributed by atoms with Gasteiger partial charge in [0.1, 0.15) is 4.08 Å². The third-order valence-corrected chi connectivity index (χ3v) is 9.73. The minimum atomic E-state index is -0.623. The zero-order valence-corrected chi connectivity index (χ0v) is 22.9. The highest BCUT2D eigenvalue weighted by molar-refractivity contribution is 8.17. The van der Waals surface area contributed by atoms with Crippen LogP contribution in [0.1, 0.15) is 39.4 Å². The van der Waals surface area contributed by atoms with Crippen molar-refractivity contribution in [3.8, 4) is 6.07 Å². The molecule has 2 nitrogen and oxygen atoms in total. The molecule has 0 aliphatic heterocycles. The van der Waals surface area contributed by atoms with Gasteiger partial charge in [0, 0.05) is 27.7 Å². The average molecular weight is 542 g/mol. The van der Waals surface area contributed by atoms with E-state index in [2.05, 4.69) is 60.7 Å². The Bertz CT molecular complexity index is 1510. The first-order valence-corrected chi connectivity index (χ1v) is 14.4. The number of Topliss-reactive ketones (excluding diaryl/α,β-unsaturated/α-hetero) is 1. The van der Waals surface area contributed by atoms with Gasteiger partial charge in [-0.2, -0.15) is 5.26 Å². The highest BCUT2D eigenvalue weighted by Gasteiger charge is 2.45. The SMILES string of the molecule is N#Cc1cccc(C(CC(=O)c2ccccc2)C(Sc2ccccc2)(Sc2ccccc2)c2ccccc2)c1. The summed E-state index contributed by atoms with van der Waals surface area (Å²) in [5, 5.41) is 9.77. The summed E-state index contributed by atoms with van der Waals surface area (Å²) in [6.07, 6.45) is 0.285. The molecule has 0 saturated carbocycles. The van der Waals surface area contributed by atoms with Crippen LogP contribution in [0, 0.1) is 11.3 Å². The summed E-state index contributed by atoms with van der Waals surface area (Å²) in [6.45, 7) is 0. The standard InChI is InChI=1S/C35H27NOS2/c36-26-27-14-13-17-29(24-27)33(25-34(37)28-15-5-1-6-16-28)35(30-18-7-2-8-19-30,38-31-20-9-3-10-21-31)39-32-22-11-4-12-23-32/h1-24,33H,25H2. The summed E-state index contributed by atoms with van der Waals surface area (Å²) in [6, 6.07) is 50.7. The molecule has 0 fully saturated rings. The van der Waals surface area contributed by atoms with Gasteiger partial charge in [-0.25, -0.2) is 0 Å². The van der Waals surface area contributed by atoms with Gasteiger partial charge in [-0.3, -0.25) is 4.79 Å². The van der Waals surface area contributed by atoms with E-state index >= 15 is 0 Å². The highest BCUT2D eigenvalue weighted by atomic mass is 32.2. The lowest BCUT2D eigenvalue weighted by Gasteiger charge is -2.41. The van der Waals surface area contributed by atoms with Crippen molar-refractivity contribution >= 4 is 29.3 Å². The summed E-state index contributed by atoms with van der Waals surface area (Å²) < 4.78 is -0.623. The van der Waals surface area contributed by atoms with E-state index in [9.17, 15) is 10.1 Å². The van der Waals surface area contributed by atoms with Crippen LogP contribution in [-0.2, 0) is 4.08 Å². The maximum Gasteiger partial charge on any atom is 0.163 e. The number of rotatable bonds is 10. The molecule has 0 aliphatic carbocycles. The first-order chi connectivity index (χ1) is 19.2. The molecule has 1 unspecified atom stereocenters. The molecule has 0 aromatic heterocycles. The second-order valence-corrected chi connectivity index (χ2v) is 12.0. The molecule has 0 N–H and O–H groups in total. The van der Waals surface area contributed by atoms with Gasteiger partial charge in [0.2, 0.25) is 0 Å². The van der Waals surface area contributed by atoms with E-state index in [-0.39, 0.29) is 18.1 Å². The van der Waals surface area contributed by atoms with Crippen molar-refractivity contribution in [3.05, 3.63) is 168 Å². The van der Waals surface area contributed by atoms with E-state index in [1.165, 1.54) is 0 Å². The molecule has 4 heteroatoms. The van der Waals surface area contributed by atoms with Gasteiger partial charge in [-0.15, -0.1) is 23.5 Å². The molecule has 0 spiro atoms.